The highest BCUT2D eigenvalue weighted by molar-refractivity contribution is 6.03. The van der Waals surface area contributed by atoms with Crippen LogP contribution in [-0.2, 0) is 136 Å². The molecule has 0 bridgehead atoms. The Labute approximate surface area is 807 Å². The van der Waals surface area contributed by atoms with E-state index in [1.165, 1.54) is 50.9 Å². The predicted octanol–water partition coefficient (Wildman–Crippen LogP) is 14.9. The summed E-state index contributed by atoms with van der Waals surface area (Å²) in [5, 5.41) is 4.51. The number of nitrogens with zero attached hydrogens (tertiary/aromatic N) is 2. The Morgan fingerprint density at radius 3 is 0.934 bits per heavy atom. The predicted molar refractivity (Wildman–Crippen MR) is 509 cm³/mol. The van der Waals surface area contributed by atoms with Crippen molar-refractivity contribution in [1.29, 1.82) is 0 Å². The van der Waals surface area contributed by atoms with Crippen LogP contribution >= 0.6 is 0 Å². The quantitative estimate of drug-likeness (QED) is 0.0194. The van der Waals surface area contributed by atoms with Gasteiger partial charge in [0.15, 0.2) is 95.1 Å². The maximum atomic E-state index is 14.5. The van der Waals surface area contributed by atoms with Gasteiger partial charge in [-0.1, -0.05) is 145 Å². The van der Waals surface area contributed by atoms with Gasteiger partial charge in [0.1, 0.15) is 50.2 Å². The van der Waals surface area contributed by atoms with Crippen molar-refractivity contribution in [2.24, 2.45) is 21.7 Å². The first kappa shape index (κ1) is 114. The first-order chi connectivity index (χ1) is 66.1. The van der Waals surface area contributed by atoms with Crippen molar-refractivity contribution in [3.05, 3.63) is 185 Å². The lowest BCUT2D eigenvalue weighted by Gasteiger charge is -2.37. The lowest BCUT2D eigenvalue weighted by molar-refractivity contribution is -0.230. The molecule has 2 amide bonds. The number of ether oxygens (including phenoxy) is 25. The molecule has 0 saturated heterocycles. The minimum Gasteiger partial charge on any atom is -0.471 e. The van der Waals surface area contributed by atoms with E-state index in [1.54, 1.807) is 14.2 Å². The van der Waals surface area contributed by atoms with Crippen molar-refractivity contribution < 1.29 is 142 Å². The van der Waals surface area contributed by atoms with Crippen LogP contribution in [0.3, 0.4) is 0 Å². The summed E-state index contributed by atoms with van der Waals surface area (Å²) in [5.74, 6) is 4.78. The molecule has 12 rings (SSSR count). The molecule has 758 valence electrons. The number of amides is 2. The van der Waals surface area contributed by atoms with Crippen LogP contribution in [-0.4, -0.2) is 244 Å². The van der Waals surface area contributed by atoms with Gasteiger partial charge in [0.2, 0.25) is 0 Å². The standard InChI is InChI=1S/2C50H69NO13.C2H4O2.C2H6.CO2/c2*1-9-51(14-15-54-26-56-28-58-30-60-32-62-34-63-33-61-31-59-29-57-27-55-17-16-53-8)48(52)40-13-11-10-12-39(40)47-43-20-41-35(2)22-49(4,5)24-37(41)18-45(43)64-46-19-38-25-50(6,7)23-36(3)42(38)21-44(46)47;1-4-2-3;1-2;2-1-3/h2*10-13,18-21,24,35-36H,9,14-17,22-23,25-34H2,1-8H3;2H,1H3;1-2H3;. The first-order valence-electron chi connectivity index (χ1n) is 46.9. The summed E-state index contributed by atoms with van der Waals surface area (Å²) < 4.78 is 133. The van der Waals surface area contributed by atoms with E-state index in [9.17, 15) is 9.59 Å². The van der Waals surface area contributed by atoms with E-state index in [-0.39, 0.29) is 175 Å². The van der Waals surface area contributed by atoms with Crippen molar-refractivity contribution in [2.45, 2.75) is 173 Å². The van der Waals surface area contributed by atoms with Crippen molar-refractivity contribution >= 4 is 47.7 Å². The van der Waals surface area contributed by atoms with Gasteiger partial charge in [0.25, 0.3) is 18.3 Å². The third kappa shape index (κ3) is 35.8. The topological polar surface area (TPSA) is 323 Å². The number of carbonyl (C=O) groups is 3. The van der Waals surface area contributed by atoms with Crippen molar-refractivity contribution in [1.82, 2.24) is 9.80 Å². The van der Waals surface area contributed by atoms with Gasteiger partial charge in [-0.15, -0.1) is 0 Å². The SMILES string of the molecule is CC.CCN(CCOCOCOCOCOCOCOCOCOCOCCOC)C(=O)c1ccccc1C1=c2cc3c(cc2Oc2cc4c(cc21)C(C)CC(C)(C)C4)=CC(C)(C)CC3C.CCN(CCOCOCOCOCOCOCOCOCOCOCCOC)C(=O)c1ccccc1C1=c2cc3c(cc2Oc2cc4c(cc21)C(C)CC(C)(C)C4)=CC(C)(C)CC3C.COC=O.O=C=O. The summed E-state index contributed by atoms with van der Waals surface area (Å²) >= 11 is 0. The maximum absolute atomic E-state index is 14.5. The summed E-state index contributed by atoms with van der Waals surface area (Å²) in [6.07, 6.45) is 11.4. The van der Waals surface area contributed by atoms with Crippen molar-refractivity contribution in [3.8, 4) is 23.0 Å². The third-order valence-electron chi connectivity index (χ3n) is 23.5. The molecule has 137 heavy (non-hydrogen) atoms. The number of methoxy groups -OCH3 is 3. The summed E-state index contributed by atoms with van der Waals surface area (Å²) in [5.41, 5.74) is 15.9. The van der Waals surface area contributed by atoms with Gasteiger partial charge in [0.05, 0.1) is 46.8 Å². The molecule has 6 aromatic rings. The zero-order chi connectivity index (χ0) is 99.2. The fourth-order valence-electron chi connectivity index (χ4n) is 18.3. The average Bonchev–Trinajstić information content (AvgIpc) is 0.728. The van der Waals surface area contributed by atoms with Crippen LogP contribution in [0, 0.1) is 21.7 Å². The van der Waals surface area contributed by atoms with Gasteiger partial charge < -0.3 is 128 Å². The van der Waals surface area contributed by atoms with Crippen molar-refractivity contribution in [3.63, 3.8) is 0 Å². The van der Waals surface area contributed by atoms with Gasteiger partial charge in [-0.3, -0.25) is 14.4 Å². The van der Waals surface area contributed by atoms with E-state index >= 15 is 0 Å². The molecule has 0 spiro atoms. The molecule has 6 aromatic carbocycles. The maximum Gasteiger partial charge on any atom is 0.373 e. The molecule has 0 aromatic heterocycles. The normalized spacial score (nSPS) is 17.1. The molecule has 0 saturated carbocycles. The summed E-state index contributed by atoms with van der Waals surface area (Å²) in [4.78, 5) is 57.9. The van der Waals surface area contributed by atoms with Gasteiger partial charge in [-0.2, -0.15) is 9.59 Å². The smallest absolute Gasteiger partial charge is 0.373 e. The molecular formula is C105H148N2O30. The zero-order valence-corrected chi connectivity index (χ0v) is 84.0. The lowest BCUT2D eigenvalue weighted by Crippen LogP contribution is -2.35. The molecule has 4 atom stereocenters. The fourth-order valence-corrected chi connectivity index (χ4v) is 18.3. The Morgan fingerprint density at radius 1 is 0.372 bits per heavy atom. The molecule has 0 fully saturated rings. The molecule has 2 aliphatic heterocycles. The Hall–Kier alpha value is -8.69. The molecule has 0 N–H and O–H groups in total. The van der Waals surface area contributed by atoms with Crippen LogP contribution in [0.1, 0.15) is 236 Å². The Morgan fingerprint density at radius 2 is 0.650 bits per heavy atom. The van der Waals surface area contributed by atoms with Crippen LogP contribution in [0.5, 0.6) is 23.0 Å². The second kappa shape index (κ2) is 59.8. The largest absolute Gasteiger partial charge is 0.471 e. The minimum absolute atomic E-state index is 0.00390. The lowest BCUT2D eigenvalue weighted by atomic mass is 9.69. The molecule has 2 heterocycles. The summed E-state index contributed by atoms with van der Waals surface area (Å²) in [6.45, 7) is 40.4. The van der Waals surface area contributed by atoms with Gasteiger partial charge in [0, 0.05) is 84.2 Å². The Balaban J connectivity index is 0.000000310. The van der Waals surface area contributed by atoms with Gasteiger partial charge in [-0.25, -0.2) is 0 Å². The number of hydrogen-bond donors (Lipinski definition) is 0. The van der Waals surface area contributed by atoms with Crippen LogP contribution in [0.2, 0.25) is 0 Å². The second-order valence-electron chi connectivity index (χ2n) is 36.7. The number of rotatable bonds is 55. The van der Waals surface area contributed by atoms with E-state index in [2.05, 4.69) is 161 Å². The molecular weight excluding hydrogens is 1770 g/mol. The monoisotopic (exact) mass is 1920 g/mol. The number of benzene rings is 6. The third-order valence-corrected chi connectivity index (χ3v) is 23.5. The summed E-state index contributed by atoms with van der Waals surface area (Å²) in [6, 6.07) is 34.4. The molecule has 6 aliphatic rings. The second-order valence-corrected chi connectivity index (χ2v) is 36.7. The number of likely N-dealkylation sites (N-methyl/N-ethyl adjacent to an activating group) is 2. The highest BCUT2D eigenvalue weighted by Crippen LogP contribution is 2.50. The molecule has 32 nitrogen and oxygen atoms in total. The molecule has 0 radical (unpaired) electrons. The Kier molecular flexibility index (Phi) is 49.6. The molecule has 32 heteroatoms. The number of carbonyl (C=O) groups excluding carboxylic acids is 5. The minimum atomic E-state index is -0.0598. The number of fused-ring (bicyclic) bond motifs is 8. The highest BCUT2D eigenvalue weighted by Gasteiger charge is 2.38. The fraction of sp³-hybridized carbons (Fsp3) is 0.581. The summed E-state index contributed by atoms with van der Waals surface area (Å²) in [7, 11) is 4.51. The van der Waals surface area contributed by atoms with Gasteiger partial charge >= 0.3 is 6.15 Å². The molecule has 4 aliphatic carbocycles. The van der Waals surface area contributed by atoms with E-state index in [0.29, 0.717) is 93.9 Å². The number of hydrogen-bond acceptors (Lipinski definition) is 30. The first-order valence-corrected chi connectivity index (χ1v) is 46.9. The highest BCUT2D eigenvalue weighted by atomic mass is 16.8. The van der Waals surface area contributed by atoms with E-state index in [4.69, 9.17) is 128 Å². The van der Waals surface area contributed by atoms with Gasteiger partial charge in [-0.05, 0) is 213 Å². The van der Waals surface area contributed by atoms with Crippen LogP contribution < -0.4 is 30.3 Å². The van der Waals surface area contributed by atoms with Crippen LogP contribution in [0.15, 0.2) is 97.1 Å². The van der Waals surface area contributed by atoms with E-state index in [1.807, 2.05) is 73.9 Å². The van der Waals surface area contributed by atoms with Crippen LogP contribution in [0.25, 0.3) is 23.3 Å². The zero-order valence-electron chi connectivity index (χ0n) is 84.0. The molecule has 4 unspecified atom stereocenters. The van der Waals surface area contributed by atoms with E-state index < -0.39 is 0 Å². The van der Waals surface area contributed by atoms with Crippen LogP contribution in [0.4, 0.5) is 0 Å². The van der Waals surface area contributed by atoms with E-state index in [0.717, 1.165) is 105 Å². The van der Waals surface area contributed by atoms with Crippen molar-refractivity contribution in [2.75, 3.05) is 209 Å². The Bertz CT molecular complexity index is 4700. The average molecular weight is 1920 g/mol.